The zero-order valence-corrected chi connectivity index (χ0v) is 17.5. The maximum Gasteiger partial charge on any atom is 0.417 e. The van der Waals surface area contributed by atoms with Crippen molar-refractivity contribution in [2.75, 3.05) is 11.6 Å². The van der Waals surface area contributed by atoms with Crippen LogP contribution < -0.4 is 10.1 Å². The molecule has 0 spiro atoms. The molecule has 2 aromatic carbocycles. The molecule has 0 fully saturated rings. The number of aromatic nitrogens is 1. The van der Waals surface area contributed by atoms with Gasteiger partial charge in [0.2, 0.25) is 5.88 Å². The molecule has 0 saturated heterocycles. The number of sulfone groups is 1. The van der Waals surface area contributed by atoms with Crippen LogP contribution in [0.2, 0.25) is 0 Å². The minimum absolute atomic E-state index is 0.0410. The van der Waals surface area contributed by atoms with Gasteiger partial charge in [0.05, 0.1) is 10.5 Å². The quantitative estimate of drug-likeness (QED) is 0.533. The topological polar surface area (TPSA) is 85.4 Å². The van der Waals surface area contributed by atoms with Gasteiger partial charge in [-0.2, -0.15) is 13.2 Å². The number of benzene rings is 2. The lowest BCUT2D eigenvalue weighted by Gasteiger charge is -2.14. The zero-order valence-electron chi connectivity index (χ0n) is 16.7. The Kier molecular flexibility index (Phi) is 6.22. The molecule has 0 aliphatic rings. The normalized spacial score (nSPS) is 11.8. The van der Waals surface area contributed by atoms with Crippen molar-refractivity contribution >= 4 is 21.4 Å². The Morgan fingerprint density at radius 2 is 1.81 bits per heavy atom. The summed E-state index contributed by atoms with van der Waals surface area (Å²) >= 11 is 0. The van der Waals surface area contributed by atoms with Gasteiger partial charge in [0.25, 0.3) is 5.91 Å². The number of nitrogens with one attached hydrogen (secondary N) is 1. The summed E-state index contributed by atoms with van der Waals surface area (Å²) in [5, 5.41) is 2.35. The van der Waals surface area contributed by atoms with E-state index < -0.39 is 44.7 Å². The van der Waals surface area contributed by atoms with Crippen LogP contribution in [0.25, 0.3) is 0 Å². The van der Waals surface area contributed by atoms with Crippen LogP contribution in [0, 0.1) is 12.7 Å². The van der Waals surface area contributed by atoms with E-state index in [-0.39, 0.29) is 16.3 Å². The number of ether oxygens (including phenoxy) is 1. The van der Waals surface area contributed by atoms with Crippen LogP contribution in [0.5, 0.6) is 11.6 Å². The van der Waals surface area contributed by atoms with Crippen molar-refractivity contribution < 1.29 is 35.5 Å². The first-order chi connectivity index (χ1) is 14.8. The summed E-state index contributed by atoms with van der Waals surface area (Å²) in [5.74, 6) is -1.90. The van der Waals surface area contributed by atoms with Crippen LogP contribution in [-0.2, 0) is 16.0 Å². The van der Waals surface area contributed by atoms with Gasteiger partial charge in [-0.15, -0.1) is 0 Å². The molecular formula is C21H16F4N2O4S. The summed E-state index contributed by atoms with van der Waals surface area (Å²) in [5.41, 5.74) is -1.36. The van der Waals surface area contributed by atoms with Gasteiger partial charge >= 0.3 is 6.18 Å². The van der Waals surface area contributed by atoms with Crippen molar-refractivity contribution in [1.29, 1.82) is 0 Å². The Labute approximate surface area is 180 Å². The van der Waals surface area contributed by atoms with Crippen LogP contribution in [0.4, 0.5) is 23.2 Å². The average molecular weight is 468 g/mol. The fourth-order valence-electron chi connectivity index (χ4n) is 2.69. The Balaban J connectivity index is 2.01. The molecule has 0 aliphatic heterocycles. The van der Waals surface area contributed by atoms with Crippen molar-refractivity contribution in [2.24, 2.45) is 0 Å². The van der Waals surface area contributed by atoms with Crippen molar-refractivity contribution in [2.45, 2.75) is 18.0 Å². The molecular weight excluding hydrogens is 452 g/mol. The minimum atomic E-state index is -4.78. The summed E-state index contributed by atoms with van der Waals surface area (Å²) < 4.78 is 81.8. The fraction of sp³-hybridized carbons (Fsp3) is 0.143. The van der Waals surface area contributed by atoms with Crippen LogP contribution in [-0.4, -0.2) is 25.6 Å². The SMILES string of the molecule is Cc1cc(F)ccc1Oc1ncc(C(F)(F)F)cc1C(=O)Nc1cccc(S(C)(=O)=O)c1. The van der Waals surface area contributed by atoms with Gasteiger partial charge in [0.1, 0.15) is 17.1 Å². The largest absolute Gasteiger partial charge is 0.438 e. The predicted molar refractivity (Wildman–Crippen MR) is 108 cm³/mol. The summed E-state index contributed by atoms with van der Waals surface area (Å²) in [6, 6.07) is 9.27. The maximum atomic E-state index is 13.3. The van der Waals surface area contributed by atoms with Crippen LogP contribution >= 0.6 is 0 Å². The third-order valence-corrected chi connectivity index (χ3v) is 5.40. The fourth-order valence-corrected chi connectivity index (χ4v) is 3.35. The highest BCUT2D eigenvalue weighted by molar-refractivity contribution is 7.90. The summed E-state index contributed by atoms with van der Waals surface area (Å²) in [4.78, 5) is 16.3. The third kappa shape index (κ3) is 5.41. The van der Waals surface area contributed by atoms with E-state index in [0.717, 1.165) is 18.4 Å². The molecule has 0 radical (unpaired) electrons. The highest BCUT2D eigenvalue weighted by Gasteiger charge is 2.33. The number of rotatable bonds is 5. The van der Waals surface area contributed by atoms with Gasteiger partial charge in [-0.1, -0.05) is 6.07 Å². The number of hydrogen-bond donors (Lipinski definition) is 1. The molecule has 11 heteroatoms. The second kappa shape index (κ2) is 8.58. The van der Waals surface area contributed by atoms with E-state index in [1.54, 1.807) is 0 Å². The monoisotopic (exact) mass is 468 g/mol. The number of aryl methyl sites for hydroxylation is 1. The van der Waals surface area contributed by atoms with Gasteiger partial charge in [-0.25, -0.2) is 17.8 Å². The summed E-state index contributed by atoms with van der Waals surface area (Å²) in [6.07, 6.45) is -3.29. The van der Waals surface area contributed by atoms with Crippen molar-refractivity contribution in [3.63, 3.8) is 0 Å². The lowest BCUT2D eigenvalue weighted by atomic mass is 10.1. The van der Waals surface area contributed by atoms with Gasteiger partial charge in [-0.05, 0) is 55.0 Å². The summed E-state index contributed by atoms with van der Waals surface area (Å²) in [6.45, 7) is 1.51. The first-order valence-corrected chi connectivity index (χ1v) is 10.9. The molecule has 0 aliphatic carbocycles. The van der Waals surface area contributed by atoms with E-state index >= 15 is 0 Å². The van der Waals surface area contributed by atoms with Gasteiger partial charge in [0.15, 0.2) is 9.84 Å². The number of carbonyl (C=O) groups is 1. The highest BCUT2D eigenvalue weighted by Crippen LogP contribution is 2.33. The molecule has 1 heterocycles. The number of alkyl halides is 3. The highest BCUT2D eigenvalue weighted by atomic mass is 32.2. The van der Waals surface area contributed by atoms with E-state index in [2.05, 4.69) is 10.3 Å². The van der Waals surface area contributed by atoms with E-state index in [9.17, 15) is 30.8 Å². The second-order valence-electron chi connectivity index (χ2n) is 6.84. The third-order valence-electron chi connectivity index (χ3n) is 4.29. The van der Waals surface area contributed by atoms with Crippen LogP contribution in [0.15, 0.2) is 59.6 Å². The summed E-state index contributed by atoms with van der Waals surface area (Å²) in [7, 11) is -3.58. The van der Waals surface area contributed by atoms with Gasteiger partial charge in [0, 0.05) is 18.1 Å². The Bertz CT molecular complexity index is 1290. The number of pyridine rings is 1. The van der Waals surface area contributed by atoms with Crippen molar-refractivity contribution in [1.82, 2.24) is 4.98 Å². The Morgan fingerprint density at radius 3 is 2.44 bits per heavy atom. The molecule has 1 amide bonds. The number of nitrogens with zero attached hydrogens (tertiary/aromatic N) is 1. The molecule has 0 atom stereocenters. The van der Waals surface area contributed by atoms with Crippen LogP contribution in [0.1, 0.15) is 21.5 Å². The lowest BCUT2D eigenvalue weighted by molar-refractivity contribution is -0.137. The zero-order chi connectivity index (χ0) is 23.7. The molecule has 0 unspecified atom stereocenters. The van der Waals surface area contributed by atoms with E-state index in [1.807, 2.05) is 0 Å². The number of halogens is 4. The minimum Gasteiger partial charge on any atom is -0.438 e. The molecule has 32 heavy (non-hydrogen) atoms. The average Bonchev–Trinajstić information content (AvgIpc) is 2.69. The Morgan fingerprint density at radius 1 is 1.09 bits per heavy atom. The van der Waals surface area contributed by atoms with Gasteiger partial charge in [-0.3, -0.25) is 4.79 Å². The molecule has 6 nitrogen and oxygen atoms in total. The van der Waals surface area contributed by atoms with Crippen LogP contribution in [0.3, 0.4) is 0 Å². The number of anilines is 1. The molecule has 3 aromatic rings. The predicted octanol–water partition coefficient (Wildman–Crippen LogP) is 5.00. The first kappa shape index (κ1) is 23.2. The van der Waals surface area contributed by atoms with Gasteiger partial charge < -0.3 is 10.1 Å². The molecule has 1 aromatic heterocycles. The van der Waals surface area contributed by atoms with E-state index in [4.69, 9.17) is 4.74 Å². The maximum absolute atomic E-state index is 13.3. The molecule has 0 bridgehead atoms. The lowest BCUT2D eigenvalue weighted by Crippen LogP contribution is -2.16. The molecule has 168 valence electrons. The number of amides is 1. The molecule has 1 N–H and O–H groups in total. The number of carbonyl (C=O) groups excluding carboxylic acids is 1. The first-order valence-electron chi connectivity index (χ1n) is 8.97. The smallest absolute Gasteiger partial charge is 0.417 e. The van der Waals surface area contributed by atoms with Crippen molar-refractivity contribution in [3.05, 3.63) is 77.2 Å². The number of hydrogen-bond acceptors (Lipinski definition) is 5. The Hall–Kier alpha value is -3.47. The van der Waals surface area contributed by atoms with E-state index in [1.165, 1.54) is 37.3 Å². The second-order valence-corrected chi connectivity index (χ2v) is 8.86. The van der Waals surface area contributed by atoms with Crippen molar-refractivity contribution in [3.8, 4) is 11.6 Å². The molecule has 0 saturated carbocycles. The van der Waals surface area contributed by atoms with E-state index in [0.29, 0.717) is 17.8 Å². The molecule has 3 rings (SSSR count). The standard InChI is InChI=1S/C21H16F4N2O4S/c1-12-8-14(22)6-7-18(12)31-20-17(9-13(11-26-20)21(23,24)25)19(28)27-15-4-3-5-16(10-15)32(2,29)30/h3-11H,1-2H3,(H,27,28).